The van der Waals surface area contributed by atoms with E-state index >= 15 is 0 Å². The largest absolute Gasteiger partial charge is 3.00 e. The van der Waals surface area contributed by atoms with Crippen molar-refractivity contribution in [2.75, 3.05) is 0 Å². The Morgan fingerprint density at radius 1 is 0.600 bits per heavy atom. The molecule has 5 rings (SSSR count). The standard InChI is InChI=1S/C27H21.2ClH.Zr/c1-3-7-20(8-4-1)15-22-11-13-24-19-25-14-12-23(18-27(25)26(24)17-22)16-21-9-5-2-6-10-21;;;/h1-13,17-18H,15-16,19H2;2*1H;/q-1;;;+3/p-2. The van der Waals surface area contributed by atoms with Gasteiger partial charge in [-0.15, -0.1) is 5.56 Å². The van der Waals surface area contributed by atoms with Gasteiger partial charge in [0.05, 0.1) is 0 Å². The molecule has 4 aromatic carbocycles. The van der Waals surface area contributed by atoms with Gasteiger partial charge in [0, 0.05) is 0 Å². The normalized spacial score (nSPS) is 10.7. The minimum absolute atomic E-state index is 0. The molecule has 0 aliphatic heterocycles. The molecule has 0 N–H and O–H groups in total. The molecule has 0 spiro atoms. The molecule has 0 unspecified atom stereocenters. The van der Waals surface area contributed by atoms with Crippen LogP contribution in [0, 0.1) is 6.07 Å². The summed E-state index contributed by atoms with van der Waals surface area (Å²) >= 11 is 0. The van der Waals surface area contributed by atoms with Gasteiger partial charge < -0.3 is 24.8 Å². The Balaban J connectivity index is 0.00000107. The van der Waals surface area contributed by atoms with Gasteiger partial charge in [0.15, 0.2) is 0 Å². The minimum atomic E-state index is 0. The van der Waals surface area contributed by atoms with Crippen molar-refractivity contribution < 1.29 is 51.0 Å². The number of halogens is 2. The maximum Gasteiger partial charge on any atom is 3.00 e. The molecule has 4 aromatic rings. The van der Waals surface area contributed by atoms with E-state index in [4.69, 9.17) is 0 Å². The zero-order chi connectivity index (χ0) is 18.1. The van der Waals surface area contributed by atoms with Crippen LogP contribution in [-0.2, 0) is 45.5 Å². The predicted molar refractivity (Wildman–Crippen MR) is 112 cm³/mol. The molecule has 30 heavy (non-hydrogen) atoms. The first kappa shape index (κ1) is 24.6. The molecule has 0 fully saturated rings. The fourth-order valence-electron chi connectivity index (χ4n) is 4.05. The zero-order valence-electron chi connectivity index (χ0n) is 16.5. The van der Waals surface area contributed by atoms with Gasteiger partial charge in [0.25, 0.3) is 0 Å². The summed E-state index contributed by atoms with van der Waals surface area (Å²) in [6.07, 6.45) is 2.95. The van der Waals surface area contributed by atoms with Crippen molar-refractivity contribution >= 4 is 0 Å². The van der Waals surface area contributed by atoms with E-state index in [1.807, 2.05) is 0 Å². The second kappa shape index (κ2) is 11.1. The maximum absolute atomic E-state index is 3.55. The van der Waals surface area contributed by atoms with Gasteiger partial charge in [-0.3, -0.25) is 0 Å². The maximum atomic E-state index is 3.55. The van der Waals surface area contributed by atoms with Crippen molar-refractivity contribution in [1.29, 1.82) is 0 Å². The molecule has 0 atom stereocenters. The summed E-state index contributed by atoms with van der Waals surface area (Å²) in [7, 11) is 0. The van der Waals surface area contributed by atoms with Crippen molar-refractivity contribution in [1.82, 2.24) is 0 Å². The average molecular weight is 508 g/mol. The average Bonchev–Trinajstić information content (AvgIpc) is 3.07. The molecule has 0 bridgehead atoms. The Morgan fingerprint density at radius 2 is 1.17 bits per heavy atom. The molecule has 0 aromatic heterocycles. The van der Waals surface area contributed by atoms with E-state index < -0.39 is 0 Å². The first-order valence-electron chi connectivity index (χ1n) is 9.59. The predicted octanol–water partition coefficient (Wildman–Crippen LogP) is 0.245. The second-order valence-electron chi connectivity index (χ2n) is 7.39. The molecule has 3 heteroatoms. The molecule has 147 valence electrons. The van der Waals surface area contributed by atoms with E-state index in [1.165, 1.54) is 44.5 Å². The molecule has 0 amide bonds. The number of benzene rings is 4. The first-order chi connectivity index (χ1) is 13.3. The van der Waals surface area contributed by atoms with Gasteiger partial charge in [-0.2, -0.15) is 29.3 Å². The molecule has 0 saturated carbocycles. The number of fused-ring (bicyclic) bond motifs is 3. The van der Waals surface area contributed by atoms with Crippen LogP contribution in [0.25, 0.3) is 11.1 Å². The topological polar surface area (TPSA) is 0 Å². The molecule has 0 nitrogen and oxygen atoms in total. The minimum Gasteiger partial charge on any atom is -1.00 e. The van der Waals surface area contributed by atoms with Crippen LogP contribution in [-0.4, -0.2) is 0 Å². The fraction of sp³-hybridized carbons (Fsp3) is 0.111. The van der Waals surface area contributed by atoms with E-state index in [2.05, 4.69) is 97.1 Å². The van der Waals surface area contributed by atoms with Crippen molar-refractivity contribution in [3.63, 3.8) is 0 Å². The SMILES string of the molecule is [Cl-].[Cl-].[Zr+3].[c-]1cc(Cc2ccccc2)cc2c1Cc1ccc(Cc3ccccc3)cc1-2. The van der Waals surface area contributed by atoms with Crippen LogP contribution in [0.1, 0.15) is 33.4 Å². The third-order valence-corrected chi connectivity index (χ3v) is 5.42. The molecule has 0 saturated heterocycles. The van der Waals surface area contributed by atoms with Crippen molar-refractivity contribution in [3.8, 4) is 11.1 Å². The summed E-state index contributed by atoms with van der Waals surface area (Å²) in [6.45, 7) is 0. The molecular formula is C27H21Cl2Zr. The quantitative estimate of drug-likeness (QED) is 0.306. The van der Waals surface area contributed by atoms with Crippen molar-refractivity contribution in [2.45, 2.75) is 19.3 Å². The van der Waals surface area contributed by atoms with E-state index in [0.717, 1.165) is 19.3 Å². The van der Waals surface area contributed by atoms with Crippen LogP contribution in [0.4, 0.5) is 0 Å². The van der Waals surface area contributed by atoms with Gasteiger partial charge in [0.2, 0.25) is 0 Å². The van der Waals surface area contributed by atoms with Gasteiger partial charge >= 0.3 is 26.2 Å². The summed E-state index contributed by atoms with van der Waals surface area (Å²) in [5.41, 5.74) is 10.9. The fourth-order valence-corrected chi connectivity index (χ4v) is 4.05. The summed E-state index contributed by atoms with van der Waals surface area (Å²) in [6, 6.07) is 36.4. The molecular weight excluding hydrogens is 486 g/mol. The Bertz CT molecular complexity index is 1000. The zero-order valence-corrected chi connectivity index (χ0v) is 20.5. The van der Waals surface area contributed by atoms with Crippen LogP contribution in [0.5, 0.6) is 0 Å². The third kappa shape index (κ3) is 5.33. The molecule has 0 heterocycles. The van der Waals surface area contributed by atoms with Gasteiger partial charge in [0.1, 0.15) is 0 Å². The van der Waals surface area contributed by atoms with Crippen LogP contribution in [0.15, 0.2) is 91.0 Å². The first-order valence-corrected chi connectivity index (χ1v) is 9.59. The third-order valence-electron chi connectivity index (χ3n) is 5.42. The molecule has 1 aliphatic rings. The summed E-state index contributed by atoms with van der Waals surface area (Å²) in [4.78, 5) is 0. The Morgan fingerprint density at radius 3 is 1.80 bits per heavy atom. The molecule has 1 radical (unpaired) electrons. The summed E-state index contributed by atoms with van der Waals surface area (Å²) in [5.74, 6) is 0. The van der Waals surface area contributed by atoms with E-state index in [9.17, 15) is 0 Å². The summed E-state index contributed by atoms with van der Waals surface area (Å²) < 4.78 is 0. The van der Waals surface area contributed by atoms with Crippen LogP contribution in [0.3, 0.4) is 0 Å². The van der Waals surface area contributed by atoms with E-state index in [0.29, 0.717) is 0 Å². The smallest absolute Gasteiger partial charge is 1.00 e. The van der Waals surface area contributed by atoms with Gasteiger partial charge in [-0.05, 0) is 30.4 Å². The Kier molecular flexibility index (Phi) is 9.11. The van der Waals surface area contributed by atoms with Crippen molar-refractivity contribution in [2.24, 2.45) is 0 Å². The number of hydrogen-bond acceptors (Lipinski definition) is 0. The van der Waals surface area contributed by atoms with E-state index in [1.54, 1.807) is 0 Å². The van der Waals surface area contributed by atoms with Crippen LogP contribution < -0.4 is 24.8 Å². The molecule has 1 aliphatic carbocycles. The summed E-state index contributed by atoms with van der Waals surface area (Å²) in [5, 5.41) is 0. The number of hydrogen-bond donors (Lipinski definition) is 0. The van der Waals surface area contributed by atoms with Crippen LogP contribution >= 0.6 is 0 Å². The van der Waals surface area contributed by atoms with Gasteiger partial charge in [-0.25, -0.2) is 0 Å². The Hall–Kier alpha value is -1.66. The van der Waals surface area contributed by atoms with Gasteiger partial charge in [-0.1, -0.05) is 95.6 Å². The second-order valence-corrected chi connectivity index (χ2v) is 7.39. The monoisotopic (exact) mass is 505 g/mol. The Labute approximate surface area is 210 Å². The van der Waals surface area contributed by atoms with Crippen LogP contribution in [0.2, 0.25) is 0 Å². The van der Waals surface area contributed by atoms with E-state index in [-0.39, 0.29) is 51.0 Å². The van der Waals surface area contributed by atoms with Crippen molar-refractivity contribution in [3.05, 3.63) is 130 Å². The number of rotatable bonds is 4.